The Bertz CT molecular complexity index is 844. The molecule has 26 heavy (non-hydrogen) atoms. The van der Waals surface area contributed by atoms with E-state index >= 15 is 0 Å². The van der Waals surface area contributed by atoms with Crippen molar-refractivity contribution in [3.8, 4) is 5.75 Å². The molecule has 0 bridgehead atoms. The lowest BCUT2D eigenvalue weighted by atomic mass is 10.0. The van der Waals surface area contributed by atoms with E-state index in [0.29, 0.717) is 12.5 Å². The summed E-state index contributed by atoms with van der Waals surface area (Å²) in [5.74, 6) is 3.04. The standard InChI is InChI=1S/C20H22BrN3OS/c1-14(2)16-6-10-18(11-7-16)25-12-19-22-23-20(24(19)3)26-13-15-4-8-17(21)9-5-15/h4-11,14H,12-13H2,1-3H3. The fraction of sp³-hybridized carbons (Fsp3) is 0.300. The summed E-state index contributed by atoms with van der Waals surface area (Å²) in [6.07, 6.45) is 0. The molecule has 3 aromatic rings. The second-order valence-corrected chi connectivity index (χ2v) is 8.24. The van der Waals surface area contributed by atoms with Gasteiger partial charge in [0, 0.05) is 17.3 Å². The molecule has 0 atom stereocenters. The van der Waals surface area contributed by atoms with E-state index in [2.05, 4.69) is 76.4 Å². The molecule has 0 radical (unpaired) electrons. The molecule has 4 nitrogen and oxygen atoms in total. The first-order valence-corrected chi connectivity index (χ1v) is 10.3. The molecule has 0 saturated carbocycles. The second-order valence-electron chi connectivity index (χ2n) is 6.39. The number of ether oxygens (including phenoxy) is 1. The highest BCUT2D eigenvalue weighted by molar-refractivity contribution is 9.10. The van der Waals surface area contributed by atoms with Crippen molar-refractivity contribution >= 4 is 27.7 Å². The molecular formula is C20H22BrN3OS. The summed E-state index contributed by atoms with van der Waals surface area (Å²) in [5.41, 5.74) is 2.56. The predicted octanol–water partition coefficient (Wildman–Crippen LogP) is 5.57. The van der Waals surface area contributed by atoms with Gasteiger partial charge in [-0.3, -0.25) is 0 Å². The fourth-order valence-corrected chi connectivity index (χ4v) is 3.57. The van der Waals surface area contributed by atoms with Gasteiger partial charge in [0.15, 0.2) is 11.0 Å². The van der Waals surface area contributed by atoms with Gasteiger partial charge in [0.2, 0.25) is 0 Å². The zero-order valence-corrected chi connectivity index (χ0v) is 17.5. The number of rotatable bonds is 7. The van der Waals surface area contributed by atoms with Gasteiger partial charge in [-0.15, -0.1) is 10.2 Å². The summed E-state index contributed by atoms with van der Waals surface area (Å²) in [7, 11) is 1.98. The zero-order chi connectivity index (χ0) is 18.5. The number of hydrogen-bond donors (Lipinski definition) is 0. The quantitative estimate of drug-likeness (QED) is 0.458. The van der Waals surface area contributed by atoms with Gasteiger partial charge in [-0.2, -0.15) is 0 Å². The first kappa shape index (κ1) is 19.0. The number of halogens is 1. The van der Waals surface area contributed by atoms with Crippen molar-refractivity contribution in [2.45, 2.75) is 37.3 Å². The molecule has 0 amide bonds. The van der Waals surface area contributed by atoms with E-state index in [1.165, 1.54) is 11.1 Å². The Kier molecular flexibility index (Phi) is 6.38. The Morgan fingerprint density at radius 3 is 2.38 bits per heavy atom. The van der Waals surface area contributed by atoms with Crippen LogP contribution in [0.1, 0.15) is 36.7 Å². The largest absolute Gasteiger partial charge is 0.486 e. The Balaban J connectivity index is 1.57. The van der Waals surface area contributed by atoms with Gasteiger partial charge >= 0.3 is 0 Å². The van der Waals surface area contributed by atoms with Crippen LogP contribution in [0.2, 0.25) is 0 Å². The van der Waals surface area contributed by atoms with E-state index in [1.54, 1.807) is 11.8 Å². The van der Waals surface area contributed by atoms with E-state index < -0.39 is 0 Å². The highest BCUT2D eigenvalue weighted by Crippen LogP contribution is 2.23. The van der Waals surface area contributed by atoms with Crippen LogP contribution in [0, 0.1) is 0 Å². The zero-order valence-electron chi connectivity index (χ0n) is 15.1. The average molecular weight is 432 g/mol. The third-order valence-corrected chi connectivity index (χ3v) is 5.74. The van der Waals surface area contributed by atoms with Crippen molar-refractivity contribution in [1.29, 1.82) is 0 Å². The van der Waals surface area contributed by atoms with Crippen molar-refractivity contribution in [1.82, 2.24) is 14.8 Å². The van der Waals surface area contributed by atoms with Crippen LogP contribution in [0.4, 0.5) is 0 Å². The van der Waals surface area contributed by atoms with Gasteiger partial charge < -0.3 is 9.30 Å². The van der Waals surface area contributed by atoms with Crippen molar-refractivity contribution in [3.63, 3.8) is 0 Å². The molecule has 0 N–H and O–H groups in total. The molecule has 0 spiro atoms. The molecule has 0 fully saturated rings. The Morgan fingerprint density at radius 1 is 1.04 bits per heavy atom. The van der Waals surface area contributed by atoms with Crippen LogP contribution in [-0.2, 0) is 19.4 Å². The molecule has 1 heterocycles. The summed E-state index contributed by atoms with van der Waals surface area (Å²) < 4.78 is 8.94. The summed E-state index contributed by atoms with van der Waals surface area (Å²) in [6, 6.07) is 16.6. The minimum Gasteiger partial charge on any atom is -0.486 e. The fourth-order valence-electron chi connectivity index (χ4n) is 2.42. The molecule has 0 aliphatic rings. The lowest BCUT2D eigenvalue weighted by molar-refractivity contribution is 0.290. The minimum absolute atomic E-state index is 0.406. The number of nitrogens with zero attached hydrogens (tertiary/aromatic N) is 3. The van der Waals surface area contributed by atoms with E-state index in [1.807, 2.05) is 23.7 Å². The molecular weight excluding hydrogens is 410 g/mol. The smallest absolute Gasteiger partial charge is 0.191 e. The molecule has 0 unspecified atom stereocenters. The molecule has 6 heteroatoms. The maximum Gasteiger partial charge on any atom is 0.191 e. The highest BCUT2D eigenvalue weighted by atomic mass is 79.9. The number of benzene rings is 2. The maximum atomic E-state index is 5.86. The van der Waals surface area contributed by atoms with Crippen LogP contribution < -0.4 is 4.74 Å². The van der Waals surface area contributed by atoms with Crippen LogP contribution in [-0.4, -0.2) is 14.8 Å². The third kappa shape index (κ3) is 4.89. The topological polar surface area (TPSA) is 39.9 Å². The molecule has 0 aliphatic carbocycles. The number of aromatic nitrogens is 3. The van der Waals surface area contributed by atoms with Gasteiger partial charge in [0.05, 0.1) is 0 Å². The van der Waals surface area contributed by atoms with E-state index in [0.717, 1.165) is 27.0 Å². The molecule has 0 saturated heterocycles. The van der Waals surface area contributed by atoms with E-state index in [-0.39, 0.29) is 0 Å². The first-order chi connectivity index (χ1) is 12.5. The predicted molar refractivity (Wildman–Crippen MR) is 110 cm³/mol. The maximum absolute atomic E-state index is 5.86. The monoisotopic (exact) mass is 431 g/mol. The van der Waals surface area contributed by atoms with E-state index in [9.17, 15) is 0 Å². The van der Waals surface area contributed by atoms with E-state index in [4.69, 9.17) is 4.74 Å². The molecule has 2 aromatic carbocycles. The van der Waals surface area contributed by atoms with Crippen LogP contribution in [0.3, 0.4) is 0 Å². The Morgan fingerprint density at radius 2 is 1.73 bits per heavy atom. The van der Waals surface area contributed by atoms with Crippen molar-refractivity contribution < 1.29 is 4.74 Å². The third-order valence-electron chi connectivity index (χ3n) is 4.12. The Hall–Kier alpha value is -1.79. The van der Waals surface area contributed by atoms with Gasteiger partial charge in [0.25, 0.3) is 0 Å². The molecule has 1 aromatic heterocycles. The molecule has 0 aliphatic heterocycles. The van der Waals surface area contributed by atoms with Crippen molar-refractivity contribution in [2.75, 3.05) is 0 Å². The van der Waals surface area contributed by atoms with Gasteiger partial charge in [-0.05, 0) is 41.3 Å². The summed E-state index contributed by atoms with van der Waals surface area (Å²) in [4.78, 5) is 0. The summed E-state index contributed by atoms with van der Waals surface area (Å²) in [5, 5.41) is 9.44. The van der Waals surface area contributed by atoms with Crippen molar-refractivity contribution in [2.24, 2.45) is 7.05 Å². The first-order valence-electron chi connectivity index (χ1n) is 8.51. The second kappa shape index (κ2) is 8.73. The lowest BCUT2D eigenvalue weighted by Gasteiger charge is -2.09. The number of hydrogen-bond acceptors (Lipinski definition) is 4. The molecule has 136 valence electrons. The van der Waals surface area contributed by atoms with Gasteiger partial charge in [-0.1, -0.05) is 65.8 Å². The summed E-state index contributed by atoms with van der Waals surface area (Å²) >= 11 is 5.13. The van der Waals surface area contributed by atoms with Crippen LogP contribution in [0.25, 0.3) is 0 Å². The minimum atomic E-state index is 0.406. The molecule has 3 rings (SSSR count). The van der Waals surface area contributed by atoms with Crippen LogP contribution >= 0.6 is 27.7 Å². The average Bonchev–Trinajstić information content (AvgIpc) is 3.00. The SMILES string of the molecule is CC(C)c1ccc(OCc2nnc(SCc3ccc(Br)cc3)n2C)cc1. The van der Waals surface area contributed by atoms with Crippen LogP contribution in [0.5, 0.6) is 5.75 Å². The van der Waals surface area contributed by atoms with Crippen LogP contribution in [0.15, 0.2) is 58.2 Å². The van der Waals surface area contributed by atoms with Gasteiger partial charge in [0.1, 0.15) is 12.4 Å². The lowest BCUT2D eigenvalue weighted by Crippen LogP contribution is -2.04. The van der Waals surface area contributed by atoms with Crippen molar-refractivity contribution in [3.05, 3.63) is 70.0 Å². The van der Waals surface area contributed by atoms with Gasteiger partial charge in [-0.25, -0.2) is 0 Å². The normalized spacial score (nSPS) is 11.1. The number of thioether (sulfide) groups is 1. The summed E-state index contributed by atoms with van der Waals surface area (Å²) in [6.45, 7) is 4.77. The highest BCUT2D eigenvalue weighted by Gasteiger charge is 2.10. The Labute approximate surface area is 167 Å².